The van der Waals surface area contributed by atoms with Crippen LogP contribution in [0.3, 0.4) is 0 Å². The van der Waals surface area contributed by atoms with Crippen molar-refractivity contribution in [3.8, 4) is 0 Å². The van der Waals surface area contributed by atoms with Crippen molar-refractivity contribution in [2.24, 2.45) is 0 Å². The van der Waals surface area contributed by atoms with Crippen molar-refractivity contribution in [2.45, 2.75) is 38.5 Å². The summed E-state index contributed by atoms with van der Waals surface area (Å²) in [7, 11) is 0. The molecule has 0 fully saturated rings. The van der Waals surface area contributed by atoms with Crippen LogP contribution in [0.1, 0.15) is 49.9 Å². The Morgan fingerprint density at radius 1 is 0.312 bits per heavy atom. The van der Waals surface area contributed by atoms with Gasteiger partial charge in [-0.25, -0.2) is 0 Å². The smallest absolute Gasteiger partial charge is 0.143 e. The molecule has 10 aromatic carbocycles. The van der Waals surface area contributed by atoms with E-state index in [1.54, 1.807) is 0 Å². The molecular weight excluding hydrogens is 781 g/mol. The number of para-hydroxylation sites is 2. The molecule has 2 aliphatic rings. The van der Waals surface area contributed by atoms with Gasteiger partial charge in [-0.15, -0.1) is 0 Å². The second kappa shape index (κ2) is 12.4. The third-order valence-corrected chi connectivity index (χ3v) is 14.7. The summed E-state index contributed by atoms with van der Waals surface area (Å²) in [4.78, 5) is 4.89. The number of nitrogens with zero attached hydrogens (tertiary/aromatic N) is 2. The molecule has 0 atom stereocenters. The quantitative estimate of drug-likeness (QED) is 0.174. The van der Waals surface area contributed by atoms with E-state index in [1.807, 2.05) is 0 Å². The second-order valence-corrected chi connectivity index (χ2v) is 18.9. The molecule has 12 aromatic rings. The minimum atomic E-state index is -0.283. The first-order valence-electron chi connectivity index (χ1n) is 22.3. The third kappa shape index (κ3) is 4.72. The van der Waals surface area contributed by atoms with E-state index in [4.69, 9.17) is 8.83 Å². The summed E-state index contributed by atoms with van der Waals surface area (Å²) < 4.78 is 14.0. The zero-order chi connectivity index (χ0) is 42.6. The maximum Gasteiger partial charge on any atom is 0.143 e. The number of rotatable bonds is 2. The maximum absolute atomic E-state index is 7.02. The number of hydrogen-bond acceptors (Lipinski definition) is 4. The Morgan fingerprint density at radius 2 is 0.625 bits per heavy atom. The minimum Gasteiger partial charge on any atom is -0.455 e. The lowest BCUT2D eigenvalue weighted by atomic mass is 9.72. The molecule has 2 aliphatic heterocycles. The van der Waals surface area contributed by atoms with Gasteiger partial charge >= 0.3 is 0 Å². The molecule has 0 N–H and O–H groups in total. The van der Waals surface area contributed by atoms with Crippen LogP contribution in [-0.2, 0) is 10.8 Å². The lowest BCUT2D eigenvalue weighted by Crippen LogP contribution is -2.30. The van der Waals surface area contributed by atoms with Crippen LogP contribution in [0.25, 0.3) is 76.2 Å². The molecule has 64 heavy (non-hydrogen) atoms. The number of fused-ring (bicyclic) bond motifs is 15. The first kappa shape index (κ1) is 35.7. The van der Waals surface area contributed by atoms with Gasteiger partial charge in [-0.3, -0.25) is 0 Å². The normalized spacial score (nSPS) is 15.1. The number of benzene rings is 10. The van der Waals surface area contributed by atoms with Crippen molar-refractivity contribution in [3.63, 3.8) is 0 Å². The van der Waals surface area contributed by atoms with E-state index in [9.17, 15) is 0 Å². The summed E-state index contributed by atoms with van der Waals surface area (Å²) in [6.07, 6.45) is 0. The molecule has 2 aromatic heterocycles. The van der Waals surface area contributed by atoms with Gasteiger partial charge in [-0.05, 0) is 141 Å². The molecule has 4 heteroatoms. The fourth-order valence-corrected chi connectivity index (χ4v) is 11.4. The molecule has 0 bridgehead atoms. The Labute approximate surface area is 370 Å². The van der Waals surface area contributed by atoms with E-state index < -0.39 is 0 Å². The minimum absolute atomic E-state index is 0.283. The van der Waals surface area contributed by atoms with E-state index in [-0.39, 0.29) is 10.8 Å². The number of hydrogen-bond donors (Lipinski definition) is 0. The predicted octanol–water partition coefficient (Wildman–Crippen LogP) is 17.2. The van der Waals surface area contributed by atoms with Gasteiger partial charge in [0.05, 0.1) is 22.7 Å². The average Bonchev–Trinajstić information content (AvgIpc) is 3.88. The standard InChI is InChI=1S/C60H42N2O2/c1-59(2)47-27-35-15-11-13-17-37(35)29-51(47)61(39-19-7-5-8-20-39)53-31-45-43-25-23-42-41(57(43)63-55(45)33-49(53)59)24-26-44-46-32-54-50(34-56(46)64-58(42)44)60(3,4)48-28-36-16-12-14-18-38(36)30-52(48)62(54)40-21-9-6-10-22-40/h5-34H,1-4H3. The van der Waals surface area contributed by atoms with Gasteiger partial charge in [0.15, 0.2) is 0 Å². The zero-order valence-corrected chi connectivity index (χ0v) is 36.0. The highest BCUT2D eigenvalue weighted by Crippen LogP contribution is 2.57. The number of furan rings is 2. The maximum atomic E-state index is 7.02. The van der Waals surface area contributed by atoms with Crippen molar-refractivity contribution in [1.29, 1.82) is 0 Å². The van der Waals surface area contributed by atoms with E-state index in [0.717, 1.165) is 66.0 Å². The van der Waals surface area contributed by atoms with Gasteiger partial charge in [0.1, 0.15) is 22.3 Å². The number of anilines is 6. The van der Waals surface area contributed by atoms with Crippen LogP contribution in [-0.4, -0.2) is 0 Å². The molecule has 0 spiro atoms. The lowest BCUT2D eigenvalue weighted by Gasteiger charge is -2.42. The first-order valence-corrected chi connectivity index (χ1v) is 22.3. The summed E-state index contributed by atoms with van der Waals surface area (Å²) in [6, 6.07) is 66.7. The molecule has 4 heterocycles. The molecule has 0 radical (unpaired) electrons. The summed E-state index contributed by atoms with van der Waals surface area (Å²) in [5.41, 5.74) is 15.1. The Hall–Kier alpha value is -7.82. The van der Waals surface area contributed by atoms with Gasteiger partial charge in [0.25, 0.3) is 0 Å². The van der Waals surface area contributed by atoms with Crippen molar-refractivity contribution in [2.75, 3.05) is 9.80 Å². The van der Waals surface area contributed by atoms with Crippen molar-refractivity contribution >= 4 is 110 Å². The topological polar surface area (TPSA) is 32.8 Å². The lowest BCUT2D eigenvalue weighted by molar-refractivity contribution is 0.626. The molecule has 0 saturated heterocycles. The van der Waals surface area contributed by atoms with Crippen LogP contribution in [0.5, 0.6) is 0 Å². The van der Waals surface area contributed by atoms with Crippen LogP contribution in [0.2, 0.25) is 0 Å². The third-order valence-electron chi connectivity index (χ3n) is 14.7. The SMILES string of the molecule is CC1(C)c2cc3ccccc3cc2N(c2ccccc2)c2cc3c(cc21)oc1c3ccc2c1ccc1c3cc4c(cc3oc12)C(C)(C)c1cc2ccccc2cc1N4c1ccccc1. The Kier molecular flexibility index (Phi) is 6.94. The largest absolute Gasteiger partial charge is 0.455 e. The van der Waals surface area contributed by atoms with Crippen LogP contribution < -0.4 is 9.80 Å². The summed E-state index contributed by atoms with van der Waals surface area (Å²) in [5, 5.41) is 11.4. The van der Waals surface area contributed by atoms with Gasteiger partial charge in [-0.1, -0.05) is 113 Å². The monoisotopic (exact) mass is 822 g/mol. The van der Waals surface area contributed by atoms with Gasteiger partial charge < -0.3 is 18.6 Å². The highest BCUT2D eigenvalue weighted by atomic mass is 16.3. The molecule has 0 saturated carbocycles. The average molecular weight is 823 g/mol. The molecule has 0 aliphatic carbocycles. The first-order chi connectivity index (χ1) is 31.2. The highest BCUT2D eigenvalue weighted by Gasteiger charge is 2.40. The molecule has 0 amide bonds. The Morgan fingerprint density at radius 3 is 1.02 bits per heavy atom. The van der Waals surface area contributed by atoms with Gasteiger partial charge in [0, 0.05) is 54.5 Å². The molecule has 4 nitrogen and oxygen atoms in total. The summed E-state index contributed by atoms with van der Waals surface area (Å²) in [5.74, 6) is 0. The van der Waals surface area contributed by atoms with Crippen LogP contribution in [0.15, 0.2) is 191 Å². The summed E-state index contributed by atoms with van der Waals surface area (Å²) >= 11 is 0. The Bertz CT molecular complexity index is 3710. The van der Waals surface area contributed by atoms with Crippen molar-refractivity contribution in [3.05, 3.63) is 204 Å². The van der Waals surface area contributed by atoms with Crippen LogP contribution >= 0.6 is 0 Å². The van der Waals surface area contributed by atoms with Crippen LogP contribution in [0, 0.1) is 0 Å². The van der Waals surface area contributed by atoms with E-state index in [2.05, 4.69) is 219 Å². The Balaban J connectivity index is 0.979. The van der Waals surface area contributed by atoms with E-state index in [0.29, 0.717) is 0 Å². The fraction of sp³-hybridized carbons (Fsp3) is 0.100. The van der Waals surface area contributed by atoms with Gasteiger partial charge in [0.2, 0.25) is 0 Å². The van der Waals surface area contributed by atoms with E-state index in [1.165, 1.54) is 66.5 Å². The molecule has 0 unspecified atom stereocenters. The molecular formula is C60H42N2O2. The second-order valence-electron chi connectivity index (χ2n) is 18.9. The van der Waals surface area contributed by atoms with Gasteiger partial charge in [-0.2, -0.15) is 0 Å². The zero-order valence-electron chi connectivity index (χ0n) is 36.0. The summed E-state index contributed by atoms with van der Waals surface area (Å²) in [6.45, 7) is 9.40. The fourth-order valence-electron chi connectivity index (χ4n) is 11.4. The van der Waals surface area contributed by atoms with Crippen LogP contribution in [0.4, 0.5) is 34.1 Å². The van der Waals surface area contributed by atoms with Crippen molar-refractivity contribution < 1.29 is 8.83 Å². The molecule has 14 rings (SSSR count). The molecule has 304 valence electrons. The van der Waals surface area contributed by atoms with Crippen molar-refractivity contribution in [1.82, 2.24) is 0 Å². The predicted molar refractivity (Wildman–Crippen MR) is 267 cm³/mol. The van der Waals surface area contributed by atoms with E-state index >= 15 is 0 Å². The highest BCUT2D eigenvalue weighted by molar-refractivity contribution is 6.23.